The zero-order chi connectivity index (χ0) is 39.3. The Morgan fingerprint density at radius 3 is 2.15 bits per heavy atom. The fourth-order valence-electron chi connectivity index (χ4n) is 4.90. The quantitative estimate of drug-likeness (QED) is 0.0627. The normalized spacial score (nSPS) is 10.4. The average molecular weight is 725 g/mol. The Morgan fingerprint density at radius 2 is 1.48 bits per heavy atom. The molecule has 276 valence electrons. The molecule has 54 heavy (non-hydrogen) atoms. The van der Waals surface area contributed by atoms with Crippen molar-refractivity contribution in [2.45, 2.75) is 27.2 Å². The SMILES string of the molecule is C#CCOC(=O)C=C.C=CC(=O)OCC#Cc1ccc2c(-c3c(OCC(CO)C(=O)Oc4ccc(C)cc4)ccc4ccccc34)cccc2c1.CCC. The van der Waals surface area contributed by atoms with Gasteiger partial charge in [-0.25, -0.2) is 9.59 Å². The van der Waals surface area contributed by atoms with Gasteiger partial charge in [-0.3, -0.25) is 4.79 Å². The van der Waals surface area contributed by atoms with Gasteiger partial charge < -0.3 is 24.1 Å². The van der Waals surface area contributed by atoms with Crippen LogP contribution in [0.25, 0.3) is 32.7 Å². The molecule has 5 aromatic rings. The number of hydrogen-bond donors (Lipinski definition) is 1. The molecule has 0 saturated carbocycles. The van der Waals surface area contributed by atoms with Crippen LogP contribution in [-0.4, -0.2) is 49.4 Å². The number of benzene rings is 5. The predicted molar refractivity (Wildman–Crippen MR) is 214 cm³/mol. The molecular weight excluding hydrogens is 680 g/mol. The summed E-state index contributed by atoms with van der Waals surface area (Å²) in [6.07, 6.45) is 8.19. The molecule has 1 atom stereocenters. The van der Waals surface area contributed by atoms with Gasteiger partial charge in [-0.05, 0) is 64.4 Å². The Bertz CT molecular complexity index is 2160. The number of rotatable bonds is 11. The molecule has 0 aliphatic rings. The van der Waals surface area contributed by atoms with Crippen LogP contribution < -0.4 is 9.47 Å². The summed E-state index contributed by atoms with van der Waals surface area (Å²) in [6, 6.07) is 31.0. The number of carbonyl (C=O) groups excluding carboxylic acids is 3. The smallest absolute Gasteiger partial charge is 0.331 e. The standard InChI is InChI=1S/C37H30O6.C6H6O2.C3H8/c1-3-35(39)41-21-7-8-26-15-19-31-28(22-26)10-6-12-33(31)36-32-11-5-4-9-27(32)16-20-34(36)42-24-29(23-38)37(40)43-30-17-13-25(2)14-18-30;1-3-5-8-6(7)4-2;1-3-2/h3-6,9-20,22,29,38H,1,21,23-24H2,2H3;1,4H,2,5H2;3H2,1-2H3. The van der Waals surface area contributed by atoms with E-state index in [1.54, 1.807) is 12.1 Å². The van der Waals surface area contributed by atoms with Crippen molar-refractivity contribution in [3.63, 3.8) is 0 Å². The van der Waals surface area contributed by atoms with Crippen LogP contribution >= 0.6 is 0 Å². The molecule has 0 bridgehead atoms. The summed E-state index contributed by atoms with van der Waals surface area (Å²) < 4.78 is 21.1. The fourth-order valence-corrected chi connectivity index (χ4v) is 4.90. The Kier molecular flexibility index (Phi) is 17.3. The van der Waals surface area contributed by atoms with Crippen LogP contribution in [0.4, 0.5) is 0 Å². The lowest BCUT2D eigenvalue weighted by Crippen LogP contribution is -2.29. The van der Waals surface area contributed by atoms with Gasteiger partial charge in [-0.2, -0.15) is 0 Å². The molecule has 1 N–H and O–H groups in total. The van der Waals surface area contributed by atoms with Crippen molar-refractivity contribution in [1.82, 2.24) is 0 Å². The summed E-state index contributed by atoms with van der Waals surface area (Å²) >= 11 is 0. The van der Waals surface area contributed by atoms with Crippen LogP contribution in [0.5, 0.6) is 11.5 Å². The topological polar surface area (TPSA) is 108 Å². The van der Waals surface area contributed by atoms with E-state index in [-0.39, 0.29) is 19.8 Å². The first-order chi connectivity index (χ1) is 26.2. The summed E-state index contributed by atoms with van der Waals surface area (Å²) in [7, 11) is 0. The van der Waals surface area contributed by atoms with E-state index in [1.807, 2.05) is 91.9 Å². The maximum Gasteiger partial charge on any atom is 0.331 e. The van der Waals surface area contributed by atoms with E-state index in [4.69, 9.17) is 20.6 Å². The molecule has 0 amide bonds. The van der Waals surface area contributed by atoms with Crippen molar-refractivity contribution in [2.24, 2.45) is 5.92 Å². The van der Waals surface area contributed by atoms with Crippen molar-refractivity contribution < 1.29 is 38.4 Å². The number of aryl methyl sites for hydroxylation is 1. The molecule has 5 rings (SSSR count). The third kappa shape index (κ3) is 12.6. The Morgan fingerprint density at radius 1 is 0.815 bits per heavy atom. The molecule has 0 fully saturated rings. The average Bonchev–Trinajstić information content (AvgIpc) is 3.19. The highest BCUT2D eigenvalue weighted by molar-refractivity contribution is 6.07. The lowest BCUT2D eigenvalue weighted by Gasteiger charge is -2.19. The molecule has 0 aliphatic heterocycles. The maximum atomic E-state index is 12.9. The Labute approximate surface area is 317 Å². The van der Waals surface area contributed by atoms with E-state index in [1.165, 1.54) is 6.42 Å². The highest BCUT2D eigenvalue weighted by Crippen LogP contribution is 2.41. The fraction of sp³-hybridized carbons (Fsp3) is 0.196. The van der Waals surface area contributed by atoms with Gasteiger partial charge in [0.1, 0.15) is 24.0 Å². The van der Waals surface area contributed by atoms with E-state index < -0.39 is 30.4 Å². The molecule has 0 aromatic heterocycles. The molecule has 0 spiro atoms. The summed E-state index contributed by atoms with van der Waals surface area (Å²) in [5.74, 6) is 6.59. The van der Waals surface area contributed by atoms with Crippen LogP contribution in [-0.2, 0) is 23.9 Å². The minimum atomic E-state index is -0.875. The molecule has 0 saturated heterocycles. The summed E-state index contributed by atoms with van der Waals surface area (Å²) in [4.78, 5) is 34.3. The van der Waals surface area contributed by atoms with Crippen molar-refractivity contribution in [1.29, 1.82) is 0 Å². The van der Waals surface area contributed by atoms with Crippen LogP contribution in [0.2, 0.25) is 0 Å². The van der Waals surface area contributed by atoms with Gasteiger partial charge in [0.05, 0.1) is 6.61 Å². The zero-order valence-electron chi connectivity index (χ0n) is 30.8. The lowest BCUT2D eigenvalue weighted by molar-refractivity contribution is -0.141. The second-order valence-electron chi connectivity index (χ2n) is 11.7. The summed E-state index contributed by atoms with van der Waals surface area (Å²) in [6.45, 7) is 12.3. The summed E-state index contributed by atoms with van der Waals surface area (Å²) in [5.41, 5.74) is 3.66. The number of carbonyl (C=O) groups is 3. The van der Waals surface area contributed by atoms with Crippen LogP contribution in [0.15, 0.2) is 122 Å². The first-order valence-corrected chi connectivity index (χ1v) is 17.3. The van der Waals surface area contributed by atoms with E-state index in [2.05, 4.69) is 49.5 Å². The lowest BCUT2D eigenvalue weighted by atomic mass is 9.92. The van der Waals surface area contributed by atoms with Crippen molar-refractivity contribution in [3.8, 4) is 46.8 Å². The summed E-state index contributed by atoms with van der Waals surface area (Å²) in [5, 5.41) is 14.0. The van der Waals surface area contributed by atoms with Crippen molar-refractivity contribution in [3.05, 3.63) is 133 Å². The van der Waals surface area contributed by atoms with Gasteiger partial charge in [0.2, 0.25) is 0 Å². The number of aliphatic hydroxyl groups is 1. The second-order valence-corrected chi connectivity index (χ2v) is 11.7. The number of ether oxygens (including phenoxy) is 4. The first kappa shape index (κ1) is 41.8. The van der Waals surface area contributed by atoms with Gasteiger partial charge in [-0.1, -0.05) is 123 Å². The monoisotopic (exact) mass is 724 g/mol. The van der Waals surface area contributed by atoms with Crippen LogP contribution in [0.3, 0.4) is 0 Å². The first-order valence-electron chi connectivity index (χ1n) is 17.3. The molecule has 5 aromatic carbocycles. The molecule has 8 nitrogen and oxygen atoms in total. The number of fused-ring (bicyclic) bond motifs is 2. The second kappa shape index (κ2) is 22.4. The maximum absolute atomic E-state index is 12.9. The number of terminal acetylenes is 1. The van der Waals surface area contributed by atoms with Gasteiger partial charge >= 0.3 is 17.9 Å². The largest absolute Gasteiger partial charge is 0.492 e. The predicted octanol–water partition coefficient (Wildman–Crippen LogP) is 8.41. The number of esters is 3. The zero-order valence-corrected chi connectivity index (χ0v) is 30.8. The molecule has 0 radical (unpaired) electrons. The van der Waals surface area contributed by atoms with Gasteiger partial charge in [0.15, 0.2) is 13.2 Å². The van der Waals surface area contributed by atoms with Crippen LogP contribution in [0, 0.1) is 37.0 Å². The van der Waals surface area contributed by atoms with Crippen LogP contribution in [0.1, 0.15) is 31.4 Å². The molecule has 8 heteroatoms. The Hall–Kier alpha value is -6.61. The van der Waals surface area contributed by atoms with Gasteiger partial charge in [-0.15, -0.1) is 6.42 Å². The number of hydrogen-bond acceptors (Lipinski definition) is 8. The minimum absolute atomic E-state index is 0.0187. The van der Waals surface area contributed by atoms with Gasteiger partial charge in [0, 0.05) is 23.3 Å². The highest BCUT2D eigenvalue weighted by atomic mass is 16.5. The van der Waals surface area contributed by atoms with E-state index >= 15 is 0 Å². The van der Waals surface area contributed by atoms with E-state index in [0.717, 1.165) is 56.0 Å². The van der Waals surface area contributed by atoms with E-state index in [9.17, 15) is 19.5 Å². The molecule has 0 aliphatic carbocycles. The molecular formula is C46H44O8. The highest BCUT2D eigenvalue weighted by Gasteiger charge is 2.23. The molecule has 0 heterocycles. The molecule has 1 unspecified atom stereocenters. The Balaban J connectivity index is 0.000000625. The van der Waals surface area contributed by atoms with Crippen molar-refractivity contribution >= 4 is 39.5 Å². The van der Waals surface area contributed by atoms with E-state index in [0.29, 0.717) is 11.5 Å². The third-order valence-electron chi connectivity index (χ3n) is 7.42. The van der Waals surface area contributed by atoms with Gasteiger partial charge in [0.25, 0.3) is 0 Å². The minimum Gasteiger partial charge on any atom is -0.492 e. The van der Waals surface area contributed by atoms with Crippen molar-refractivity contribution in [2.75, 3.05) is 26.4 Å². The number of aliphatic hydroxyl groups excluding tert-OH is 1. The third-order valence-corrected chi connectivity index (χ3v) is 7.42.